The fourth-order valence-corrected chi connectivity index (χ4v) is 4.67. The molecule has 0 amide bonds. The molecule has 1 aliphatic carbocycles. The van der Waals surface area contributed by atoms with Crippen LogP contribution in [0.25, 0.3) is 0 Å². The lowest BCUT2D eigenvalue weighted by Gasteiger charge is -2.24. The molecule has 4 aromatic rings. The molecule has 0 saturated heterocycles. The first-order chi connectivity index (χ1) is 16.3. The summed E-state index contributed by atoms with van der Waals surface area (Å²) >= 11 is 6.12. The number of benzene rings is 4. The van der Waals surface area contributed by atoms with E-state index >= 15 is 0 Å². The number of fused-ring (bicyclic) bond motifs is 2. The third kappa shape index (κ3) is 3.76. The Kier molecular flexibility index (Phi) is 5.46. The summed E-state index contributed by atoms with van der Waals surface area (Å²) in [5.74, 6) is -0.350. The Morgan fingerprint density at radius 2 is 1.06 bits per heavy atom. The first kappa shape index (κ1) is 21.9. The van der Waals surface area contributed by atoms with Gasteiger partial charge in [-0.1, -0.05) is 53.6 Å². The Balaban J connectivity index is 1.68. The highest BCUT2D eigenvalue weighted by Gasteiger charge is 2.34. The molecule has 0 unspecified atom stereocenters. The first-order valence-corrected chi connectivity index (χ1v) is 11.4. The lowest BCUT2D eigenvalue weighted by atomic mass is 9.82. The number of halogens is 1. The van der Waals surface area contributed by atoms with Gasteiger partial charge in [-0.2, -0.15) is 0 Å². The number of nitrogens with one attached hydrogen (secondary N) is 2. The van der Waals surface area contributed by atoms with E-state index in [2.05, 4.69) is 16.7 Å². The highest BCUT2D eigenvalue weighted by Crippen LogP contribution is 2.39. The van der Waals surface area contributed by atoms with Crippen LogP contribution in [0.2, 0.25) is 5.02 Å². The quantitative estimate of drug-likeness (QED) is 0.287. The number of hydrogen-bond donors (Lipinski definition) is 2. The maximum atomic E-state index is 13.7. The van der Waals surface area contributed by atoms with Gasteiger partial charge in [-0.05, 0) is 68.3 Å². The molecule has 5 heteroatoms. The molecule has 34 heavy (non-hydrogen) atoms. The second-order valence-corrected chi connectivity index (χ2v) is 9.08. The van der Waals surface area contributed by atoms with Gasteiger partial charge in [-0.25, -0.2) is 0 Å². The molecule has 168 valence electrons. The van der Waals surface area contributed by atoms with E-state index in [4.69, 9.17) is 11.6 Å². The van der Waals surface area contributed by atoms with Gasteiger partial charge in [0.1, 0.15) is 0 Å². The van der Waals surface area contributed by atoms with Crippen molar-refractivity contribution >= 4 is 45.9 Å². The van der Waals surface area contributed by atoms with Crippen molar-refractivity contribution in [2.45, 2.75) is 20.8 Å². The smallest absolute Gasteiger partial charge is 0.196 e. The van der Waals surface area contributed by atoms with Crippen molar-refractivity contribution in [3.8, 4) is 0 Å². The molecule has 4 nitrogen and oxygen atoms in total. The maximum absolute atomic E-state index is 13.7. The highest BCUT2D eigenvalue weighted by atomic mass is 35.5. The predicted molar refractivity (Wildman–Crippen MR) is 138 cm³/mol. The molecule has 0 heterocycles. The zero-order valence-electron chi connectivity index (χ0n) is 19.1. The van der Waals surface area contributed by atoms with Gasteiger partial charge in [-0.15, -0.1) is 0 Å². The number of anilines is 4. The minimum atomic E-state index is -0.177. The SMILES string of the molecule is Cc1ccc(Nc2ccc(Nc3ccc(Cl)cc3C)c3c2C(=O)c2ccccc2C3=O)c(C)c1. The lowest BCUT2D eigenvalue weighted by molar-refractivity contribution is 0.0980. The summed E-state index contributed by atoms with van der Waals surface area (Å²) in [6, 6.07) is 22.3. The van der Waals surface area contributed by atoms with Crippen LogP contribution in [0.1, 0.15) is 48.5 Å². The van der Waals surface area contributed by atoms with E-state index in [9.17, 15) is 9.59 Å². The molecular formula is C29H23ClN2O2. The largest absolute Gasteiger partial charge is 0.355 e. The fourth-order valence-electron chi connectivity index (χ4n) is 4.44. The summed E-state index contributed by atoms with van der Waals surface area (Å²) < 4.78 is 0. The van der Waals surface area contributed by atoms with Gasteiger partial charge in [0.25, 0.3) is 0 Å². The number of aryl methyl sites for hydroxylation is 3. The summed E-state index contributed by atoms with van der Waals surface area (Å²) in [7, 11) is 0. The minimum absolute atomic E-state index is 0.172. The third-order valence-electron chi connectivity index (χ3n) is 6.18. The lowest BCUT2D eigenvalue weighted by Crippen LogP contribution is -2.23. The van der Waals surface area contributed by atoms with Gasteiger partial charge in [0, 0.05) is 27.5 Å². The van der Waals surface area contributed by atoms with Crippen molar-refractivity contribution in [2.24, 2.45) is 0 Å². The van der Waals surface area contributed by atoms with Gasteiger partial charge in [0.2, 0.25) is 0 Å². The van der Waals surface area contributed by atoms with Crippen molar-refractivity contribution in [1.29, 1.82) is 0 Å². The van der Waals surface area contributed by atoms with Crippen LogP contribution in [0.3, 0.4) is 0 Å². The zero-order valence-corrected chi connectivity index (χ0v) is 19.9. The van der Waals surface area contributed by atoms with E-state index in [0.29, 0.717) is 38.7 Å². The molecule has 0 saturated carbocycles. The molecule has 1 aliphatic rings. The first-order valence-electron chi connectivity index (χ1n) is 11.1. The van der Waals surface area contributed by atoms with E-state index in [1.807, 2.05) is 57.2 Å². The highest BCUT2D eigenvalue weighted by molar-refractivity contribution is 6.32. The Morgan fingerprint density at radius 1 is 0.588 bits per heavy atom. The Morgan fingerprint density at radius 3 is 1.56 bits per heavy atom. The molecule has 0 spiro atoms. The van der Waals surface area contributed by atoms with E-state index < -0.39 is 0 Å². The van der Waals surface area contributed by atoms with Gasteiger partial charge in [0.15, 0.2) is 11.6 Å². The molecule has 0 radical (unpaired) electrons. The van der Waals surface area contributed by atoms with Crippen LogP contribution >= 0.6 is 11.6 Å². The minimum Gasteiger partial charge on any atom is -0.355 e. The number of carbonyl (C=O) groups is 2. The molecule has 0 bridgehead atoms. The number of ketones is 2. The molecule has 0 aliphatic heterocycles. The van der Waals surface area contributed by atoms with Crippen molar-refractivity contribution < 1.29 is 9.59 Å². The molecule has 5 rings (SSSR count). The van der Waals surface area contributed by atoms with Gasteiger partial charge < -0.3 is 10.6 Å². The molecule has 0 aromatic heterocycles. The maximum Gasteiger partial charge on any atom is 0.196 e. The second kappa shape index (κ2) is 8.47. The van der Waals surface area contributed by atoms with E-state index in [1.165, 1.54) is 0 Å². The Hall–Kier alpha value is -3.89. The van der Waals surface area contributed by atoms with Crippen LogP contribution in [0.4, 0.5) is 22.7 Å². The Bertz CT molecular complexity index is 1380. The van der Waals surface area contributed by atoms with Crippen molar-refractivity contribution in [2.75, 3.05) is 10.6 Å². The number of hydrogen-bond acceptors (Lipinski definition) is 4. The van der Waals surface area contributed by atoms with Gasteiger partial charge in [0.05, 0.1) is 22.5 Å². The average Bonchev–Trinajstić information content (AvgIpc) is 2.81. The molecule has 2 N–H and O–H groups in total. The monoisotopic (exact) mass is 466 g/mol. The molecular weight excluding hydrogens is 444 g/mol. The summed E-state index contributed by atoms with van der Waals surface area (Å²) in [6.45, 7) is 6.00. The predicted octanol–water partition coefficient (Wildman–Crippen LogP) is 7.53. The zero-order chi connectivity index (χ0) is 24.0. The summed E-state index contributed by atoms with van der Waals surface area (Å²) in [4.78, 5) is 27.4. The van der Waals surface area contributed by atoms with Crippen LogP contribution in [-0.4, -0.2) is 11.6 Å². The average molecular weight is 467 g/mol. The van der Waals surface area contributed by atoms with E-state index in [0.717, 1.165) is 28.1 Å². The van der Waals surface area contributed by atoms with Crippen LogP contribution in [0.15, 0.2) is 72.8 Å². The van der Waals surface area contributed by atoms with Gasteiger partial charge >= 0.3 is 0 Å². The van der Waals surface area contributed by atoms with Crippen molar-refractivity contribution in [1.82, 2.24) is 0 Å². The summed E-state index contributed by atoms with van der Waals surface area (Å²) in [5.41, 5.74) is 7.63. The van der Waals surface area contributed by atoms with E-state index in [1.54, 1.807) is 30.3 Å². The fraction of sp³-hybridized carbons (Fsp3) is 0.103. The summed E-state index contributed by atoms with van der Waals surface area (Å²) in [5, 5.41) is 7.40. The molecule has 0 fully saturated rings. The van der Waals surface area contributed by atoms with Crippen LogP contribution in [0, 0.1) is 20.8 Å². The topological polar surface area (TPSA) is 58.2 Å². The normalized spacial score (nSPS) is 12.2. The van der Waals surface area contributed by atoms with Gasteiger partial charge in [-0.3, -0.25) is 9.59 Å². The standard InChI is InChI=1S/C29H23ClN2O2/c1-16-8-10-22(17(2)14-16)31-24-12-13-25(32-23-11-9-19(30)15-18(23)3)27-26(24)28(33)20-6-4-5-7-21(20)29(27)34/h4-15,31-32H,1-3H3. The van der Waals surface area contributed by atoms with Crippen LogP contribution in [0.5, 0.6) is 0 Å². The van der Waals surface area contributed by atoms with Crippen molar-refractivity contribution in [3.63, 3.8) is 0 Å². The van der Waals surface area contributed by atoms with E-state index in [-0.39, 0.29) is 11.6 Å². The molecule has 0 atom stereocenters. The van der Waals surface area contributed by atoms with Crippen molar-refractivity contribution in [3.05, 3.63) is 117 Å². The number of carbonyl (C=O) groups excluding carboxylic acids is 2. The number of rotatable bonds is 4. The van der Waals surface area contributed by atoms with Crippen LogP contribution < -0.4 is 10.6 Å². The molecule has 4 aromatic carbocycles. The van der Waals surface area contributed by atoms with Crippen LogP contribution in [-0.2, 0) is 0 Å². The Labute approximate surface area is 203 Å². The summed E-state index contributed by atoms with van der Waals surface area (Å²) in [6.07, 6.45) is 0. The second-order valence-electron chi connectivity index (χ2n) is 8.64. The third-order valence-corrected chi connectivity index (χ3v) is 6.42.